The third-order valence-electron chi connectivity index (χ3n) is 7.55. The molecule has 10 nitrogen and oxygen atoms in total. The molecular weight excluding hydrogens is 513 g/mol. The smallest absolute Gasteiger partial charge is 0.381 e. The number of hydrogen-bond donors (Lipinski definition) is 0. The summed E-state index contributed by atoms with van der Waals surface area (Å²) in [5.41, 5.74) is 3.68. The maximum Gasteiger partial charge on any atom is 0.408 e. The van der Waals surface area contributed by atoms with Crippen molar-refractivity contribution in [3.05, 3.63) is 30.6 Å². The summed E-state index contributed by atoms with van der Waals surface area (Å²) >= 11 is 0. The van der Waals surface area contributed by atoms with Gasteiger partial charge >= 0.3 is 6.18 Å². The van der Waals surface area contributed by atoms with Gasteiger partial charge in [0.05, 0.1) is 28.9 Å². The molecule has 39 heavy (non-hydrogen) atoms. The Morgan fingerprint density at radius 2 is 1.82 bits per heavy atom. The number of alkyl halides is 3. The molecule has 1 unspecified atom stereocenters. The molecule has 208 valence electrons. The average molecular weight is 545 g/mol. The molecule has 13 heteroatoms. The molecule has 6 heterocycles. The summed E-state index contributed by atoms with van der Waals surface area (Å²) in [4.78, 5) is 7.02. The number of fused-ring (bicyclic) bond motifs is 1. The molecule has 2 fully saturated rings. The fourth-order valence-corrected chi connectivity index (χ4v) is 5.60. The van der Waals surface area contributed by atoms with E-state index in [2.05, 4.69) is 20.2 Å². The maximum absolute atomic E-state index is 13.9. The van der Waals surface area contributed by atoms with Crippen molar-refractivity contribution in [2.75, 3.05) is 31.7 Å². The number of piperidine rings is 1. The van der Waals surface area contributed by atoms with Gasteiger partial charge in [0.2, 0.25) is 0 Å². The van der Waals surface area contributed by atoms with Crippen molar-refractivity contribution >= 4 is 16.7 Å². The zero-order valence-electron chi connectivity index (χ0n) is 21.9. The van der Waals surface area contributed by atoms with Crippen molar-refractivity contribution in [1.82, 2.24) is 34.3 Å². The van der Waals surface area contributed by atoms with Crippen molar-refractivity contribution < 1.29 is 22.6 Å². The van der Waals surface area contributed by atoms with E-state index < -0.39 is 12.7 Å². The second kappa shape index (κ2) is 10.3. The van der Waals surface area contributed by atoms with Crippen molar-refractivity contribution in [2.24, 2.45) is 7.05 Å². The second-order valence-corrected chi connectivity index (χ2v) is 10.1. The number of pyridine rings is 1. The van der Waals surface area contributed by atoms with E-state index in [9.17, 15) is 13.2 Å². The molecule has 2 aliphatic heterocycles. The Hall–Kier alpha value is -3.45. The molecule has 0 spiro atoms. The lowest BCUT2D eigenvalue weighted by Crippen LogP contribution is -2.37. The van der Waals surface area contributed by atoms with Gasteiger partial charge in [0.1, 0.15) is 23.3 Å². The summed E-state index contributed by atoms with van der Waals surface area (Å²) in [7, 11) is 3.50. The molecule has 0 aromatic carbocycles. The highest BCUT2D eigenvalue weighted by Gasteiger charge is 2.34. The predicted octanol–water partition coefficient (Wildman–Crippen LogP) is 4.57. The van der Waals surface area contributed by atoms with Crippen LogP contribution >= 0.6 is 0 Å². The summed E-state index contributed by atoms with van der Waals surface area (Å²) in [5.74, 6) is 0. The number of nitrogens with zero attached hydrogens (tertiary/aromatic N) is 8. The summed E-state index contributed by atoms with van der Waals surface area (Å²) in [6.45, 7) is 0.662. The molecule has 4 aromatic rings. The number of methoxy groups -OCH3 is 1. The number of halogens is 3. The van der Waals surface area contributed by atoms with E-state index in [1.54, 1.807) is 34.9 Å². The van der Waals surface area contributed by atoms with Gasteiger partial charge in [-0.2, -0.15) is 28.5 Å². The van der Waals surface area contributed by atoms with Gasteiger partial charge in [0.15, 0.2) is 6.23 Å². The zero-order valence-corrected chi connectivity index (χ0v) is 21.9. The van der Waals surface area contributed by atoms with Crippen molar-refractivity contribution in [3.63, 3.8) is 0 Å². The van der Waals surface area contributed by atoms with E-state index >= 15 is 0 Å². The van der Waals surface area contributed by atoms with Crippen LogP contribution in [0, 0.1) is 0 Å². The first-order valence-corrected chi connectivity index (χ1v) is 13.2. The highest BCUT2D eigenvalue weighted by Crippen LogP contribution is 2.39. The maximum atomic E-state index is 13.9. The minimum atomic E-state index is -4.47. The Balaban J connectivity index is 1.57. The number of rotatable bonds is 6. The highest BCUT2D eigenvalue weighted by molar-refractivity contribution is 5.99. The van der Waals surface area contributed by atoms with Crippen molar-refractivity contribution in [3.8, 4) is 22.8 Å². The normalized spacial score (nSPS) is 19.3. The van der Waals surface area contributed by atoms with Gasteiger partial charge in [-0.15, -0.1) is 0 Å². The zero-order chi connectivity index (χ0) is 27.1. The number of aryl methyl sites for hydroxylation is 1. The van der Waals surface area contributed by atoms with Crippen LogP contribution in [0.15, 0.2) is 30.6 Å². The first-order chi connectivity index (χ1) is 18.8. The first-order valence-electron chi connectivity index (χ1n) is 13.2. The Morgan fingerprint density at radius 3 is 2.49 bits per heavy atom. The average Bonchev–Trinajstić information content (AvgIpc) is 3.67. The Kier molecular flexibility index (Phi) is 6.79. The number of ether oxygens (including phenoxy) is 2. The van der Waals surface area contributed by atoms with Crippen LogP contribution in [0.2, 0.25) is 0 Å². The first kappa shape index (κ1) is 25.8. The van der Waals surface area contributed by atoms with E-state index in [1.165, 1.54) is 0 Å². The van der Waals surface area contributed by atoms with E-state index in [-0.39, 0.29) is 12.3 Å². The SMILES string of the molecule is COC1CCN(c2cc(-c3ccnn3C)nc3c(-c4ccnn4C4CCCCO4)nn(CC(F)(F)F)c23)CC1. The van der Waals surface area contributed by atoms with E-state index in [1.807, 2.05) is 19.2 Å². The van der Waals surface area contributed by atoms with Crippen LogP contribution in [-0.2, 0) is 23.1 Å². The monoisotopic (exact) mass is 544 g/mol. The Bertz CT molecular complexity index is 1450. The van der Waals surface area contributed by atoms with Crippen LogP contribution in [0.1, 0.15) is 38.3 Å². The quantitative estimate of drug-likeness (QED) is 0.351. The number of aromatic nitrogens is 7. The topological polar surface area (TPSA) is 88.1 Å². The largest absolute Gasteiger partial charge is 0.408 e. The summed E-state index contributed by atoms with van der Waals surface area (Å²) in [5, 5.41) is 13.3. The van der Waals surface area contributed by atoms with Crippen LogP contribution in [0.3, 0.4) is 0 Å². The lowest BCUT2D eigenvalue weighted by atomic mass is 10.1. The number of hydrogen-bond acceptors (Lipinski definition) is 7. The third-order valence-corrected chi connectivity index (χ3v) is 7.55. The molecule has 2 saturated heterocycles. The highest BCUT2D eigenvalue weighted by atomic mass is 19.4. The van der Waals surface area contributed by atoms with Crippen molar-refractivity contribution in [1.29, 1.82) is 0 Å². The molecule has 6 rings (SSSR count). The fraction of sp³-hybridized carbons (Fsp3) is 0.538. The fourth-order valence-electron chi connectivity index (χ4n) is 5.60. The van der Waals surface area contributed by atoms with Crippen LogP contribution in [0.4, 0.5) is 18.9 Å². The Labute approximate surface area is 223 Å². The van der Waals surface area contributed by atoms with Crippen LogP contribution in [-0.4, -0.2) is 73.4 Å². The predicted molar refractivity (Wildman–Crippen MR) is 138 cm³/mol. The van der Waals surface area contributed by atoms with Crippen LogP contribution < -0.4 is 4.90 Å². The van der Waals surface area contributed by atoms with E-state index in [0.29, 0.717) is 53.5 Å². The Morgan fingerprint density at radius 1 is 1.05 bits per heavy atom. The van der Waals surface area contributed by atoms with Gasteiger partial charge in [-0.05, 0) is 50.3 Å². The molecule has 0 bridgehead atoms. The summed E-state index contributed by atoms with van der Waals surface area (Å²) in [6, 6.07) is 5.46. The molecule has 0 amide bonds. The van der Waals surface area contributed by atoms with E-state index in [0.717, 1.165) is 42.5 Å². The molecular formula is C26H31F3N8O2. The molecule has 2 aliphatic rings. The molecule has 0 radical (unpaired) electrons. The lowest BCUT2D eigenvalue weighted by Gasteiger charge is -2.33. The molecule has 4 aromatic heterocycles. The van der Waals surface area contributed by atoms with Gasteiger partial charge in [-0.3, -0.25) is 9.36 Å². The molecule has 0 aliphatic carbocycles. The van der Waals surface area contributed by atoms with Gasteiger partial charge in [0.25, 0.3) is 0 Å². The second-order valence-electron chi connectivity index (χ2n) is 10.1. The van der Waals surface area contributed by atoms with Crippen LogP contribution in [0.25, 0.3) is 33.8 Å². The summed E-state index contributed by atoms with van der Waals surface area (Å²) in [6.07, 6.45) is 2.91. The number of anilines is 1. The molecule has 0 N–H and O–H groups in total. The summed E-state index contributed by atoms with van der Waals surface area (Å²) < 4.78 is 57.5. The van der Waals surface area contributed by atoms with Gasteiger partial charge < -0.3 is 14.4 Å². The van der Waals surface area contributed by atoms with Gasteiger partial charge in [0, 0.05) is 46.2 Å². The van der Waals surface area contributed by atoms with E-state index in [4.69, 9.17) is 14.5 Å². The van der Waals surface area contributed by atoms with Gasteiger partial charge in [-0.1, -0.05) is 0 Å². The van der Waals surface area contributed by atoms with Crippen LogP contribution in [0.5, 0.6) is 0 Å². The molecule has 0 saturated carbocycles. The minimum Gasteiger partial charge on any atom is -0.381 e. The van der Waals surface area contributed by atoms with Gasteiger partial charge in [-0.25, -0.2) is 9.67 Å². The minimum absolute atomic E-state index is 0.121. The standard InChI is InChI=1S/C26H31F3N8O2/c1-34-19(6-10-30-34)18-15-21(35-12-8-17(38-2)9-13-35)25-24(32-18)23(33-36(25)16-26(27,28)29)20-7-11-31-37(20)22-5-3-4-14-39-22/h6-7,10-11,15,17,22H,3-5,8-9,12-14,16H2,1-2H3. The lowest BCUT2D eigenvalue weighted by molar-refractivity contribution is -0.141. The van der Waals surface area contributed by atoms with Crippen molar-refractivity contribution in [2.45, 2.75) is 57.2 Å². The third kappa shape index (κ3) is 5.00. The molecule has 1 atom stereocenters.